The zero-order valence-electron chi connectivity index (χ0n) is 10.5. The first-order chi connectivity index (χ1) is 8.97. The molecule has 0 aliphatic heterocycles. The standard InChI is InChI=1S/C11H16F3N3OS/c1-2-4-15-10-16-8(11(12,13)14)7-9(17-10)19-6-3-5-18/h7,18H,2-6H2,1H3,(H,15,16,17). The van der Waals surface area contributed by atoms with Crippen LogP contribution in [0, 0.1) is 0 Å². The van der Waals surface area contributed by atoms with Crippen LogP contribution >= 0.6 is 11.8 Å². The average molecular weight is 295 g/mol. The largest absolute Gasteiger partial charge is 0.433 e. The summed E-state index contributed by atoms with van der Waals surface area (Å²) in [5.74, 6) is 0.501. The van der Waals surface area contributed by atoms with Crippen molar-refractivity contribution in [3.8, 4) is 0 Å². The molecule has 0 unspecified atom stereocenters. The highest BCUT2D eigenvalue weighted by Gasteiger charge is 2.33. The lowest BCUT2D eigenvalue weighted by atomic mass is 10.4. The van der Waals surface area contributed by atoms with Gasteiger partial charge < -0.3 is 10.4 Å². The normalized spacial score (nSPS) is 11.6. The highest BCUT2D eigenvalue weighted by molar-refractivity contribution is 7.99. The van der Waals surface area contributed by atoms with Gasteiger partial charge >= 0.3 is 6.18 Å². The molecular weight excluding hydrogens is 279 g/mol. The molecule has 0 aliphatic carbocycles. The molecule has 1 rings (SSSR count). The third kappa shape index (κ3) is 5.65. The van der Waals surface area contributed by atoms with Crippen molar-refractivity contribution >= 4 is 17.7 Å². The molecule has 0 aromatic carbocycles. The Morgan fingerprint density at radius 1 is 1.37 bits per heavy atom. The number of alkyl halides is 3. The minimum atomic E-state index is -4.49. The van der Waals surface area contributed by atoms with Crippen LogP contribution < -0.4 is 5.32 Å². The van der Waals surface area contributed by atoms with Crippen LogP contribution in [-0.2, 0) is 6.18 Å². The number of nitrogens with one attached hydrogen (secondary N) is 1. The molecule has 8 heteroatoms. The molecule has 0 radical (unpaired) electrons. The van der Waals surface area contributed by atoms with Crippen molar-refractivity contribution in [1.29, 1.82) is 0 Å². The first kappa shape index (κ1) is 16.0. The second-order valence-electron chi connectivity index (χ2n) is 3.77. The van der Waals surface area contributed by atoms with Crippen LogP contribution in [0.3, 0.4) is 0 Å². The molecule has 0 fully saturated rings. The lowest BCUT2D eigenvalue weighted by Crippen LogP contribution is -2.13. The van der Waals surface area contributed by atoms with E-state index in [1.54, 1.807) is 0 Å². The topological polar surface area (TPSA) is 58.0 Å². The van der Waals surface area contributed by atoms with E-state index >= 15 is 0 Å². The van der Waals surface area contributed by atoms with Crippen LogP contribution in [0.25, 0.3) is 0 Å². The maximum absolute atomic E-state index is 12.7. The van der Waals surface area contributed by atoms with Crippen molar-refractivity contribution in [1.82, 2.24) is 9.97 Å². The fraction of sp³-hybridized carbons (Fsp3) is 0.636. The molecule has 0 amide bonds. The fourth-order valence-electron chi connectivity index (χ4n) is 1.20. The monoisotopic (exact) mass is 295 g/mol. The van der Waals surface area contributed by atoms with Gasteiger partial charge in [0.2, 0.25) is 5.95 Å². The number of hydrogen-bond donors (Lipinski definition) is 2. The lowest BCUT2D eigenvalue weighted by molar-refractivity contribution is -0.141. The Morgan fingerprint density at radius 2 is 2.11 bits per heavy atom. The quantitative estimate of drug-likeness (QED) is 0.460. The predicted molar refractivity (Wildman–Crippen MR) is 68.2 cm³/mol. The lowest BCUT2D eigenvalue weighted by Gasteiger charge is -2.10. The summed E-state index contributed by atoms with van der Waals surface area (Å²) >= 11 is 1.17. The SMILES string of the molecule is CCCNc1nc(SCCCO)cc(C(F)(F)F)n1. The molecule has 0 saturated heterocycles. The number of aliphatic hydroxyl groups excluding tert-OH is 1. The van der Waals surface area contributed by atoms with Gasteiger partial charge in [0.1, 0.15) is 5.03 Å². The van der Waals surface area contributed by atoms with Crippen LogP contribution in [0.4, 0.5) is 19.1 Å². The summed E-state index contributed by atoms with van der Waals surface area (Å²) in [6.45, 7) is 2.42. The van der Waals surface area contributed by atoms with Gasteiger partial charge in [0.05, 0.1) is 0 Å². The molecule has 108 valence electrons. The van der Waals surface area contributed by atoms with Gasteiger partial charge in [0, 0.05) is 25.0 Å². The minimum absolute atomic E-state index is 0.00511. The van der Waals surface area contributed by atoms with Crippen molar-refractivity contribution in [2.24, 2.45) is 0 Å². The van der Waals surface area contributed by atoms with Crippen LogP contribution in [0.15, 0.2) is 11.1 Å². The molecule has 4 nitrogen and oxygen atoms in total. The smallest absolute Gasteiger partial charge is 0.396 e. The zero-order chi connectivity index (χ0) is 14.3. The van der Waals surface area contributed by atoms with Crippen molar-refractivity contribution < 1.29 is 18.3 Å². The highest BCUT2D eigenvalue weighted by atomic mass is 32.2. The van der Waals surface area contributed by atoms with Crippen LogP contribution in [-0.4, -0.2) is 34.0 Å². The van der Waals surface area contributed by atoms with Gasteiger partial charge in [-0.1, -0.05) is 6.92 Å². The van der Waals surface area contributed by atoms with Crippen molar-refractivity contribution in [2.45, 2.75) is 31.0 Å². The minimum Gasteiger partial charge on any atom is -0.396 e. The Bertz CT molecular complexity index is 401. The van der Waals surface area contributed by atoms with Crippen LogP contribution in [0.5, 0.6) is 0 Å². The summed E-state index contributed by atoms with van der Waals surface area (Å²) in [6, 6.07) is 0.930. The fourth-order valence-corrected chi connectivity index (χ4v) is 2.03. The number of aromatic nitrogens is 2. The number of nitrogens with zero attached hydrogens (tertiary/aromatic N) is 2. The van der Waals surface area contributed by atoms with Gasteiger partial charge in [-0.3, -0.25) is 0 Å². The third-order valence-electron chi connectivity index (χ3n) is 2.08. The van der Waals surface area contributed by atoms with Gasteiger partial charge in [-0.15, -0.1) is 11.8 Å². The number of thioether (sulfide) groups is 1. The molecule has 0 aliphatic rings. The molecule has 2 N–H and O–H groups in total. The summed E-state index contributed by atoms with van der Waals surface area (Å²) < 4.78 is 38.1. The number of anilines is 1. The third-order valence-corrected chi connectivity index (χ3v) is 3.08. The van der Waals surface area contributed by atoms with E-state index in [-0.39, 0.29) is 17.6 Å². The van der Waals surface area contributed by atoms with E-state index < -0.39 is 11.9 Å². The molecule has 0 atom stereocenters. The summed E-state index contributed by atoms with van der Waals surface area (Å²) in [7, 11) is 0. The summed E-state index contributed by atoms with van der Waals surface area (Å²) in [5.41, 5.74) is -0.951. The van der Waals surface area contributed by atoms with Crippen molar-refractivity contribution in [2.75, 3.05) is 24.2 Å². The molecule has 1 aromatic rings. The van der Waals surface area contributed by atoms with E-state index in [1.165, 1.54) is 11.8 Å². The van der Waals surface area contributed by atoms with Gasteiger partial charge in [0.25, 0.3) is 0 Å². The Hall–Kier alpha value is -1.02. The molecule has 0 bridgehead atoms. The number of rotatable bonds is 7. The van der Waals surface area contributed by atoms with E-state index in [1.807, 2.05) is 6.92 Å². The van der Waals surface area contributed by atoms with E-state index in [0.29, 0.717) is 18.7 Å². The first-order valence-corrected chi connectivity index (χ1v) is 6.89. The van der Waals surface area contributed by atoms with Crippen LogP contribution in [0.1, 0.15) is 25.5 Å². The number of aliphatic hydroxyl groups is 1. The van der Waals surface area contributed by atoms with Gasteiger partial charge in [0.15, 0.2) is 5.69 Å². The maximum atomic E-state index is 12.7. The van der Waals surface area contributed by atoms with E-state index in [9.17, 15) is 13.2 Å². The molecule has 0 saturated carbocycles. The van der Waals surface area contributed by atoms with E-state index in [2.05, 4.69) is 15.3 Å². The second-order valence-corrected chi connectivity index (χ2v) is 4.88. The summed E-state index contributed by atoms with van der Waals surface area (Å²) in [4.78, 5) is 7.48. The van der Waals surface area contributed by atoms with Crippen molar-refractivity contribution in [3.63, 3.8) is 0 Å². The molecule has 1 heterocycles. The van der Waals surface area contributed by atoms with E-state index in [0.717, 1.165) is 12.5 Å². The van der Waals surface area contributed by atoms with Gasteiger partial charge in [-0.05, 0) is 12.8 Å². The molecule has 19 heavy (non-hydrogen) atoms. The highest BCUT2D eigenvalue weighted by Crippen LogP contribution is 2.30. The second kappa shape index (κ2) is 7.54. The van der Waals surface area contributed by atoms with Crippen molar-refractivity contribution in [3.05, 3.63) is 11.8 Å². The molecular formula is C11H16F3N3OS. The summed E-state index contributed by atoms with van der Waals surface area (Å²) in [5, 5.41) is 11.7. The zero-order valence-corrected chi connectivity index (χ0v) is 11.3. The van der Waals surface area contributed by atoms with E-state index in [4.69, 9.17) is 5.11 Å². The number of halogens is 3. The Labute approximate surface area is 113 Å². The molecule has 1 aromatic heterocycles. The Balaban J connectivity index is 2.89. The Kier molecular flexibility index (Phi) is 6.36. The molecule has 0 spiro atoms. The van der Waals surface area contributed by atoms with Crippen LogP contribution in [0.2, 0.25) is 0 Å². The first-order valence-electron chi connectivity index (χ1n) is 5.91. The van der Waals surface area contributed by atoms with Gasteiger partial charge in [-0.25, -0.2) is 9.97 Å². The Morgan fingerprint density at radius 3 is 2.68 bits per heavy atom. The van der Waals surface area contributed by atoms with Gasteiger partial charge in [-0.2, -0.15) is 13.2 Å². The maximum Gasteiger partial charge on any atom is 0.433 e. The predicted octanol–water partition coefficient (Wildman–Crippen LogP) is 2.79. The summed E-state index contributed by atoms with van der Waals surface area (Å²) in [6.07, 6.45) is -3.21. The average Bonchev–Trinajstić information content (AvgIpc) is 2.35. The number of hydrogen-bond acceptors (Lipinski definition) is 5.